The second-order valence-corrected chi connectivity index (χ2v) is 6.26. The minimum Gasteiger partial charge on any atom is -0.508 e. The van der Waals surface area contributed by atoms with E-state index in [1.165, 1.54) is 4.90 Å². The third kappa shape index (κ3) is 3.25. The van der Waals surface area contributed by atoms with Crippen molar-refractivity contribution in [1.29, 1.82) is 0 Å². The van der Waals surface area contributed by atoms with Gasteiger partial charge in [0.15, 0.2) is 0 Å². The van der Waals surface area contributed by atoms with Gasteiger partial charge in [-0.3, -0.25) is 9.69 Å². The molecule has 1 heterocycles. The predicted molar refractivity (Wildman–Crippen MR) is 85.8 cm³/mol. The van der Waals surface area contributed by atoms with E-state index in [9.17, 15) is 14.7 Å². The number of hydrogen-bond acceptors (Lipinski definition) is 4. The fourth-order valence-electron chi connectivity index (χ4n) is 2.91. The number of hydrogen-bond donors (Lipinski definition) is 2. The molecule has 0 radical (unpaired) electrons. The van der Waals surface area contributed by atoms with E-state index in [-0.39, 0.29) is 17.9 Å². The summed E-state index contributed by atoms with van der Waals surface area (Å²) in [6.45, 7) is 5.41. The molecule has 3 N–H and O–H groups in total. The van der Waals surface area contributed by atoms with Crippen LogP contribution >= 0.6 is 0 Å². The van der Waals surface area contributed by atoms with Crippen LogP contribution in [-0.4, -0.2) is 33.6 Å². The maximum Gasteiger partial charge on any atom is 0.411 e. The van der Waals surface area contributed by atoms with Gasteiger partial charge in [-0.05, 0) is 50.8 Å². The number of aromatic hydroxyl groups is 1. The van der Waals surface area contributed by atoms with Gasteiger partial charge in [0.1, 0.15) is 17.4 Å². The number of rotatable bonds is 4. The van der Waals surface area contributed by atoms with Crippen molar-refractivity contribution in [2.24, 2.45) is 5.73 Å². The molecule has 0 bridgehead atoms. The molecule has 1 aliphatic rings. The smallest absolute Gasteiger partial charge is 0.411 e. The van der Waals surface area contributed by atoms with Gasteiger partial charge < -0.3 is 15.6 Å². The van der Waals surface area contributed by atoms with Crippen LogP contribution in [-0.2, 0) is 9.53 Å². The van der Waals surface area contributed by atoms with Gasteiger partial charge in [0.2, 0.25) is 5.91 Å². The first-order valence-corrected chi connectivity index (χ1v) is 7.88. The zero-order valence-corrected chi connectivity index (χ0v) is 13.8. The summed E-state index contributed by atoms with van der Waals surface area (Å²) >= 11 is 0. The molecule has 3 atom stereocenters. The minimum atomic E-state index is -1.08. The Kier molecular flexibility index (Phi) is 4.82. The molecule has 0 saturated carbocycles. The number of nitrogens with zero attached hydrogens (tertiary/aromatic N) is 1. The Labute approximate surface area is 136 Å². The third-order valence-electron chi connectivity index (χ3n) is 4.63. The van der Waals surface area contributed by atoms with Gasteiger partial charge in [-0.15, -0.1) is 0 Å². The van der Waals surface area contributed by atoms with Crippen molar-refractivity contribution < 1.29 is 19.4 Å². The quantitative estimate of drug-likeness (QED) is 0.892. The van der Waals surface area contributed by atoms with Crippen LogP contribution in [0.5, 0.6) is 5.75 Å². The molecule has 6 nitrogen and oxygen atoms in total. The molecule has 1 unspecified atom stereocenters. The van der Waals surface area contributed by atoms with E-state index in [2.05, 4.69) is 0 Å². The number of carbonyl (C=O) groups excluding carboxylic acids is 2. The van der Waals surface area contributed by atoms with Crippen LogP contribution in [0.4, 0.5) is 4.79 Å². The van der Waals surface area contributed by atoms with Gasteiger partial charge >= 0.3 is 6.09 Å². The molecule has 1 saturated heterocycles. The van der Waals surface area contributed by atoms with E-state index >= 15 is 0 Å². The molecular weight excluding hydrogens is 296 g/mol. The first-order chi connectivity index (χ1) is 10.8. The zero-order chi connectivity index (χ0) is 17.2. The number of nitrogens with two attached hydrogens (primary N) is 1. The highest BCUT2D eigenvalue weighted by Gasteiger charge is 2.51. The van der Waals surface area contributed by atoms with Crippen molar-refractivity contribution in [2.75, 3.05) is 0 Å². The molecule has 0 aromatic heterocycles. The monoisotopic (exact) mass is 320 g/mol. The Morgan fingerprint density at radius 2 is 2.04 bits per heavy atom. The van der Waals surface area contributed by atoms with Crippen molar-refractivity contribution >= 4 is 12.0 Å². The van der Waals surface area contributed by atoms with Gasteiger partial charge in [-0.2, -0.15) is 0 Å². The number of carbonyl (C=O) groups is 2. The second kappa shape index (κ2) is 6.48. The first-order valence-electron chi connectivity index (χ1n) is 7.88. The summed E-state index contributed by atoms with van der Waals surface area (Å²) in [6, 6.07) is 6.32. The van der Waals surface area contributed by atoms with Gasteiger partial charge in [0.05, 0.1) is 6.04 Å². The lowest BCUT2D eigenvalue weighted by Gasteiger charge is -2.36. The number of primary amides is 1. The zero-order valence-electron chi connectivity index (χ0n) is 13.8. The van der Waals surface area contributed by atoms with Crippen molar-refractivity contribution in [3.05, 3.63) is 29.8 Å². The summed E-state index contributed by atoms with van der Waals surface area (Å²) in [6.07, 6.45) is 1.01. The average molecular weight is 320 g/mol. The van der Waals surface area contributed by atoms with Crippen molar-refractivity contribution in [1.82, 2.24) is 4.90 Å². The van der Waals surface area contributed by atoms with Crippen LogP contribution in [0.1, 0.15) is 51.6 Å². The SMILES string of the molecule is CCC(C)OC(=O)N1[C@@H](c2ccc(O)cc2)CC[C@@]1(C)C(N)=O. The highest BCUT2D eigenvalue weighted by molar-refractivity contribution is 5.89. The van der Waals surface area contributed by atoms with Crippen molar-refractivity contribution in [2.45, 2.75) is 57.7 Å². The van der Waals surface area contributed by atoms with E-state index in [1.807, 2.05) is 13.8 Å². The molecule has 1 aromatic carbocycles. The standard InChI is InChI=1S/C17H24N2O4/c1-4-11(2)23-16(22)19-14(9-10-17(19,3)15(18)21)12-5-7-13(20)8-6-12/h5-8,11,14,20H,4,9-10H2,1-3H3,(H2,18,21)/t11?,14-,17+/m1/s1. The normalized spacial score (nSPS) is 25.2. The fourth-order valence-corrected chi connectivity index (χ4v) is 2.91. The largest absolute Gasteiger partial charge is 0.508 e. The summed E-state index contributed by atoms with van der Waals surface area (Å²) in [4.78, 5) is 26.0. The van der Waals surface area contributed by atoms with E-state index in [1.54, 1.807) is 31.2 Å². The highest BCUT2D eigenvalue weighted by atomic mass is 16.6. The van der Waals surface area contributed by atoms with Crippen molar-refractivity contribution in [3.8, 4) is 5.75 Å². The summed E-state index contributed by atoms with van der Waals surface area (Å²) in [5, 5.41) is 9.44. The molecule has 1 aliphatic heterocycles. The van der Waals surface area contributed by atoms with Crippen molar-refractivity contribution in [3.63, 3.8) is 0 Å². The second-order valence-electron chi connectivity index (χ2n) is 6.26. The maximum atomic E-state index is 12.6. The Hall–Kier alpha value is -2.24. The lowest BCUT2D eigenvalue weighted by Crippen LogP contribution is -2.55. The van der Waals surface area contributed by atoms with Crippen LogP contribution in [0.15, 0.2) is 24.3 Å². The Bertz CT molecular complexity index is 587. The van der Waals surface area contributed by atoms with Gasteiger partial charge in [-0.25, -0.2) is 4.79 Å². The summed E-state index contributed by atoms with van der Waals surface area (Å²) in [5.41, 5.74) is 5.32. The average Bonchev–Trinajstić information content (AvgIpc) is 2.87. The van der Waals surface area contributed by atoms with Crippen LogP contribution < -0.4 is 5.73 Å². The molecule has 6 heteroatoms. The molecule has 2 rings (SSSR count). The molecular formula is C17H24N2O4. The summed E-state index contributed by atoms with van der Waals surface area (Å²) in [7, 11) is 0. The number of benzene rings is 1. The number of ether oxygens (including phenoxy) is 1. The van der Waals surface area contributed by atoms with Gasteiger partial charge in [0, 0.05) is 0 Å². The highest BCUT2D eigenvalue weighted by Crippen LogP contribution is 2.43. The Morgan fingerprint density at radius 1 is 1.43 bits per heavy atom. The maximum absolute atomic E-state index is 12.6. The van der Waals surface area contributed by atoms with Crippen LogP contribution in [0, 0.1) is 0 Å². The molecule has 0 aliphatic carbocycles. The van der Waals surface area contributed by atoms with Gasteiger partial charge in [-0.1, -0.05) is 19.1 Å². The molecule has 2 amide bonds. The van der Waals surface area contributed by atoms with E-state index < -0.39 is 17.5 Å². The third-order valence-corrected chi connectivity index (χ3v) is 4.63. The molecule has 23 heavy (non-hydrogen) atoms. The summed E-state index contributed by atoms with van der Waals surface area (Å²) in [5.74, 6) is -0.391. The van der Waals surface area contributed by atoms with E-state index in [0.717, 1.165) is 5.56 Å². The molecule has 1 fully saturated rings. The van der Waals surface area contributed by atoms with E-state index in [0.29, 0.717) is 19.3 Å². The topological polar surface area (TPSA) is 92.9 Å². The fraction of sp³-hybridized carbons (Fsp3) is 0.529. The molecule has 0 spiro atoms. The summed E-state index contributed by atoms with van der Waals surface area (Å²) < 4.78 is 5.43. The Morgan fingerprint density at radius 3 is 2.57 bits per heavy atom. The van der Waals surface area contributed by atoms with E-state index in [4.69, 9.17) is 10.5 Å². The lowest BCUT2D eigenvalue weighted by atomic mass is 9.98. The Balaban J connectivity index is 2.36. The molecule has 1 aromatic rings. The first kappa shape index (κ1) is 17.1. The molecule has 126 valence electrons. The minimum absolute atomic E-state index is 0.151. The number of phenolic OH excluding ortho intramolecular Hbond substituents is 1. The lowest BCUT2D eigenvalue weighted by molar-refractivity contribution is -0.127. The van der Waals surface area contributed by atoms with Crippen LogP contribution in [0.2, 0.25) is 0 Å². The van der Waals surface area contributed by atoms with Gasteiger partial charge in [0.25, 0.3) is 0 Å². The van der Waals surface area contributed by atoms with Crippen LogP contribution in [0.25, 0.3) is 0 Å². The van der Waals surface area contributed by atoms with Crippen LogP contribution in [0.3, 0.4) is 0 Å². The number of amides is 2. The number of phenols is 1. The predicted octanol–water partition coefficient (Wildman–Crippen LogP) is 2.71. The number of likely N-dealkylation sites (tertiary alicyclic amines) is 1.